The van der Waals surface area contributed by atoms with Crippen LogP contribution in [-0.2, 0) is 6.61 Å². The Kier molecular flexibility index (Phi) is 7.35. The van der Waals surface area contributed by atoms with Crippen LogP contribution < -0.4 is 15.1 Å². The van der Waals surface area contributed by atoms with Crippen LogP contribution in [0, 0.1) is 6.92 Å². The number of nitrogens with zero attached hydrogens (tertiary/aromatic N) is 2. The quantitative estimate of drug-likeness (QED) is 0.261. The second-order valence-electron chi connectivity index (χ2n) is 7.98. The third kappa shape index (κ3) is 6.11. The SMILES string of the molecule is Cc1ccc(COc2ccc(C(=O)NN=Cc3ccc(N(C)c4ccccc4)cc3)cc2)cc1. The van der Waals surface area contributed by atoms with Gasteiger partial charge in [-0.2, -0.15) is 5.10 Å². The third-order valence-electron chi connectivity index (χ3n) is 5.45. The molecule has 0 aromatic heterocycles. The van der Waals surface area contributed by atoms with Gasteiger partial charge in [0.15, 0.2) is 0 Å². The lowest BCUT2D eigenvalue weighted by Gasteiger charge is -2.19. The van der Waals surface area contributed by atoms with Crippen LogP contribution in [0.3, 0.4) is 0 Å². The zero-order valence-corrected chi connectivity index (χ0v) is 19.3. The van der Waals surface area contributed by atoms with Crippen molar-refractivity contribution in [2.45, 2.75) is 13.5 Å². The third-order valence-corrected chi connectivity index (χ3v) is 5.45. The maximum absolute atomic E-state index is 12.4. The van der Waals surface area contributed by atoms with Crippen LogP contribution >= 0.6 is 0 Å². The van der Waals surface area contributed by atoms with Gasteiger partial charge in [0.1, 0.15) is 12.4 Å². The molecule has 0 heterocycles. The average molecular weight is 450 g/mol. The van der Waals surface area contributed by atoms with E-state index in [-0.39, 0.29) is 5.91 Å². The van der Waals surface area contributed by atoms with E-state index in [1.54, 1.807) is 30.5 Å². The molecule has 0 spiro atoms. The molecule has 1 N–H and O–H groups in total. The van der Waals surface area contributed by atoms with Crippen molar-refractivity contribution in [1.29, 1.82) is 0 Å². The number of amides is 1. The van der Waals surface area contributed by atoms with Crippen LogP contribution in [0.1, 0.15) is 27.0 Å². The first-order chi connectivity index (χ1) is 16.6. The summed E-state index contributed by atoms with van der Waals surface area (Å²) in [6, 6.07) is 33.4. The molecule has 0 atom stereocenters. The molecule has 1 amide bonds. The molecule has 0 saturated carbocycles. The van der Waals surface area contributed by atoms with E-state index in [1.165, 1.54) is 5.56 Å². The maximum Gasteiger partial charge on any atom is 0.271 e. The Bertz CT molecular complexity index is 1230. The van der Waals surface area contributed by atoms with Crippen LogP contribution in [0.2, 0.25) is 0 Å². The number of benzene rings is 4. The molecule has 4 aromatic carbocycles. The van der Waals surface area contributed by atoms with Crippen LogP contribution in [0.4, 0.5) is 11.4 Å². The van der Waals surface area contributed by atoms with Crippen molar-refractivity contribution < 1.29 is 9.53 Å². The fourth-order valence-corrected chi connectivity index (χ4v) is 3.37. The van der Waals surface area contributed by atoms with Gasteiger partial charge in [0.2, 0.25) is 0 Å². The zero-order valence-electron chi connectivity index (χ0n) is 19.3. The van der Waals surface area contributed by atoms with Gasteiger partial charge >= 0.3 is 0 Å². The van der Waals surface area contributed by atoms with E-state index in [1.807, 2.05) is 61.6 Å². The molecule has 0 aliphatic rings. The molecule has 0 fully saturated rings. The number of anilines is 2. The van der Waals surface area contributed by atoms with Gasteiger partial charge in [-0.05, 0) is 66.6 Å². The predicted octanol–water partition coefficient (Wildman–Crippen LogP) is 6.11. The van der Waals surface area contributed by atoms with Gasteiger partial charge < -0.3 is 9.64 Å². The topological polar surface area (TPSA) is 53.9 Å². The molecule has 5 nitrogen and oxygen atoms in total. The summed E-state index contributed by atoms with van der Waals surface area (Å²) in [7, 11) is 2.03. The van der Waals surface area contributed by atoms with Gasteiger partial charge in [0, 0.05) is 24.0 Å². The number of ether oxygens (including phenoxy) is 1. The Morgan fingerprint density at radius 2 is 1.50 bits per heavy atom. The number of rotatable bonds is 8. The van der Waals surface area contributed by atoms with Crippen LogP contribution in [0.15, 0.2) is 108 Å². The molecule has 4 rings (SSSR count). The Labute approximate surface area is 200 Å². The monoisotopic (exact) mass is 449 g/mol. The second-order valence-corrected chi connectivity index (χ2v) is 7.98. The standard InChI is InChI=1S/C29H27N3O2/c1-22-8-10-24(11-9-22)21-34-28-18-14-25(15-19-28)29(33)31-30-20-23-12-16-27(17-13-23)32(2)26-6-4-3-5-7-26/h3-20H,21H2,1-2H3,(H,31,33). The number of hydrazone groups is 1. The summed E-state index contributed by atoms with van der Waals surface area (Å²) in [6.45, 7) is 2.54. The van der Waals surface area contributed by atoms with Gasteiger partial charge in [0.05, 0.1) is 6.21 Å². The summed E-state index contributed by atoms with van der Waals surface area (Å²) in [5.74, 6) is 0.433. The van der Waals surface area contributed by atoms with Gasteiger partial charge in [-0.1, -0.05) is 60.2 Å². The van der Waals surface area contributed by atoms with E-state index < -0.39 is 0 Å². The molecule has 34 heavy (non-hydrogen) atoms. The lowest BCUT2D eigenvalue weighted by atomic mass is 10.2. The van der Waals surface area contributed by atoms with E-state index in [0.29, 0.717) is 17.9 Å². The molecule has 4 aromatic rings. The van der Waals surface area contributed by atoms with Crippen LogP contribution in [0.5, 0.6) is 5.75 Å². The van der Waals surface area contributed by atoms with Crippen molar-refractivity contribution in [3.05, 3.63) is 125 Å². The Balaban J connectivity index is 1.28. The summed E-state index contributed by atoms with van der Waals surface area (Å²) in [5, 5.41) is 4.09. The number of para-hydroxylation sites is 1. The lowest BCUT2D eigenvalue weighted by Crippen LogP contribution is -2.17. The summed E-state index contributed by atoms with van der Waals surface area (Å²) in [6.07, 6.45) is 1.63. The van der Waals surface area contributed by atoms with E-state index in [4.69, 9.17) is 4.74 Å². The highest BCUT2D eigenvalue weighted by Gasteiger charge is 2.05. The fourth-order valence-electron chi connectivity index (χ4n) is 3.37. The van der Waals surface area contributed by atoms with Crippen LogP contribution in [-0.4, -0.2) is 19.2 Å². The van der Waals surface area contributed by atoms with Gasteiger partial charge in [-0.3, -0.25) is 4.79 Å². The molecule has 0 bridgehead atoms. The number of hydrogen-bond acceptors (Lipinski definition) is 4. The number of carbonyl (C=O) groups is 1. The lowest BCUT2D eigenvalue weighted by molar-refractivity contribution is 0.0955. The normalized spacial score (nSPS) is 10.8. The van der Waals surface area contributed by atoms with Crippen molar-refractivity contribution in [1.82, 2.24) is 5.43 Å². The summed E-state index contributed by atoms with van der Waals surface area (Å²) in [5.41, 5.74) is 8.48. The van der Waals surface area contributed by atoms with Crippen molar-refractivity contribution in [2.24, 2.45) is 5.10 Å². The van der Waals surface area contributed by atoms with Crippen molar-refractivity contribution in [3.8, 4) is 5.75 Å². The van der Waals surface area contributed by atoms with E-state index >= 15 is 0 Å². The highest BCUT2D eigenvalue weighted by molar-refractivity contribution is 5.95. The molecule has 5 heteroatoms. The number of carbonyl (C=O) groups excluding carboxylic acids is 1. The highest BCUT2D eigenvalue weighted by Crippen LogP contribution is 2.23. The average Bonchev–Trinajstić information content (AvgIpc) is 2.89. The molecule has 0 aliphatic heterocycles. The number of hydrogen-bond donors (Lipinski definition) is 1. The molecule has 0 saturated heterocycles. The summed E-state index contributed by atoms with van der Waals surface area (Å²) >= 11 is 0. The minimum Gasteiger partial charge on any atom is -0.489 e. The van der Waals surface area contributed by atoms with Crippen molar-refractivity contribution in [2.75, 3.05) is 11.9 Å². The maximum atomic E-state index is 12.4. The van der Waals surface area contributed by atoms with E-state index in [2.05, 4.69) is 46.6 Å². The zero-order chi connectivity index (χ0) is 23.8. The summed E-state index contributed by atoms with van der Waals surface area (Å²) in [4.78, 5) is 14.5. The first-order valence-electron chi connectivity index (χ1n) is 11.1. The summed E-state index contributed by atoms with van der Waals surface area (Å²) < 4.78 is 5.80. The fraction of sp³-hybridized carbons (Fsp3) is 0.103. The van der Waals surface area contributed by atoms with Crippen molar-refractivity contribution >= 4 is 23.5 Å². The molecular formula is C29H27N3O2. The first-order valence-corrected chi connectivity index (χ1v) is 11.1. The molecule has 0 radical (unpaired) electrons. The first kappa shape index (κ1) is 22.8. The largest absolute Gasteiger partial charge is 0.489 e. The van der Waals surface area contributed by atoms with Gasteiger partial charge in [0.25, 0.3) is 5.91 Å². The van der Waals surface area contributed by atoms with Crippen molar-refractivity contribution in [3.63, 3.8) is 0 Å². The van der Waals surface area contributed by atoms with Gasteiger partial charge in [-0.25, -0.2) is 5.43 Å². The Hall–Kier alpha value is -4.38. The molecule has 0 aliphatic carbocycles. The molecule has 170 valence electrons. The van der Waals surface area contributed by atoms with E-state index in [9.17, 15) is 4.79 Å². The smallest absolute Gasteiger partial charge is 0.271 e. The van der Waals surface area contributed by atoms with E-state index in [0.717, 1.165) is 22.5 Å². The Morgan fingerprint density at radius 3 is 2.18 bits per heavy atom. The number of aryl methyl sites for hydroxylation is 1. The highest BCUT2D eigenvalue weighted by atomic mass is 16.5. The number of nitrogens with one attached hydrogen (secondary N) is 1. The Morgan fingerprint density at radius 1 is 0.853 bits per heavy atom. The second kappa shape index (κ2) is 11.0. The predicted molar refractivity (Wildman–Crippen MR) is 138 cm³/mol. The van der Waals surface area contributed by atoms with Gasteiger partial charge in [-0.15, -0.1) is 0 Å². The molecular weight excluding hydrogens is 422 g/mol. The minimum absolute atomic E-state index is 0.276. The van der Waals surface area contributed by atoms with Crippen LogP contribution in [0.25, 0.3) is 0 Å². The minimum atomic E-state index is -0.276. The molecule has 0 unspecified atom stereocenters.